The first kappa shape index (κ1) is 32.0. The summed E-state index contributed by atoms with van der Waals surface area (Å²) in [4.78, 5) is 0. The predicted octanol–water partition coefficient (Wildman–Crippen LogP) is 6.29. The Bertz CT molecular complexity index is 2000. The second-order valence-electron chi connectivity index (χ2n) is 11.6. The summed E-state index contributed by atoms with van der Waals surface area (Å²) >= 11 is 8.33. The molecule has 46 heavy (non-hydrogen) atoms. The lowest BCUT2D eigenvalue weighted by atomic mass is 9.96. The molecule has 0 unspecified atom stereocenters. The van der Waals surface area contributed by atoms with E-state index in [1.165, 1.54) is 11.3 Å². The minimum atomic E-state index is -3.08. The molecule has 0 radical (unpaired) electrons. The molecule has 1 aliphatic rings. The summed E-state index contributed by atoms with van der Waals surface area (Å²) in [6, 6.07) is 19.9. The number of benzene rings is 3. The number of hydrogen-bond acceptors (Lipinski definition) is 9. The number of tetrazole rings is 1. The van der Waals surface area contributed by atoms with Crippen LogP contribution in [0.15, 0.2) is 60.7 Å². The first-order valence-electron chi connectivity index (χ1n) is 14.9. The summed E-state index contributed by atoms with van der Waals surface area (Å²) in [5.74, 6) is 8.20. The molecule has 1 fully saturated rings. The lowest BCUT2D eigenvalue weighted by Gasteiger charge is -2.31. The van der Waals surface area contributed by atoms with Gasteiger partial charge in [-0.05, 0) is 95.8 Å². The molecule has 0 amide bonds. The van der Waals surface area contributed by atoms with Gasteiger partial charge in [0, 0.05) is 22.1 Å². The van der Waals surface area contributed by atoms with Crippen molar-refractivity contribution in [3.8, 4) is 34.5 Å². The van der Waals surface area contributed by atoms with E-state index in [0.29, 0.717) is 28.9 Å². The van der Waals surface area contributed by atoms with Crippen LogP contribution in [0.3, 0.4) is 0 Å². The van der Waals surface area contributed by atoms with Gasteiger partial charge >= 0.3 is 0 Å². The van der Waals surface area contributed by atoms with Crippen LogP contribution in [-0.2, 0) is 22.9 Å². The maximum Gasteiger partial charge on any atom is 0.150 e. The number of rotatable bonds is 10. The van der Waals surface area contributed by atoms with Crippen molar-refractivity contribution in [1.82, 2.24) is 20.6 Å². The zero-order chi connectivity index (χ0) is 32.3. The Balaban J connectivity index is 1.14. The van der Waals surface area contributed by atoms with Crippen molar-refractivity contribution in [2.24, 2.45) is 0 Å². The Morgan fingerprint density at radius 1 is 1.07 bits per heavy atom. The van der Waals surface area contributed by atoms with Gasteiger partial charge in [0.05, 0.1) is 17.4 Å². The van der Waals surface area contributed by atoms with Gasteiger partial charge in [-0.25, -0.2) is 13.5 Å². The number of hydrogen-bond donors (Lipinski definition) is 2. The van der Waals surface area contributed by atoms with Crippen LogP contribution in [0.2, 0.25) is 4.34 Å². The molecule has 12 heteroatoms. The van der Waals surface area contributed by atoms with Crippen LogP contribution in [0.4, 0.5) is 0 Å². The van der Waals surface area contributed by atoms with E-state index < -0.39 is 15.4 Å². The molecule has 0 saturated carbocycles. The number of sulfone groups is 1. The largest absolute Gasteiger partial charge is 0.491 e. The highest BCUT2D eigenvalue weighted by Gasteiger charge is 2.36. The number of nitrogens with zero attached hydrogens (tertiary/aromatic N) is 3. The Labute approximate surface area is 276 Å². The van der Waals surface area contributed by atoms with Crippen LogP contribution in [0, 0.1) is 18.8 Å². The molecule has 1 atom stereocenters. The molecule has 6 rings (SSSR count). The van der Waals surface area contributed by atoms with Gasteiger partial charge in [-0.1, -0.05) is 41.8 Å². The summed E-state index contributed by atoms with van der Waals surface area (Å²) < 4.78 is 37.4. The Morgan fingerprint density at radius 2 is 1.83 bits per heavy atom. The molecule has 238 valence electrons. The van der Waals surface area contributed by atoms with Crippen LogP contribution in [-0.4, -0.2) is 57.9 Å². The van der Waals surface area contributed by atoms with Crippen LogP contribution >= 0.6 is 22.9 Å². The van der Waals surface area contributed by atoms with E-state index in [9.17, 15) is 13.5 Å². The average Bonchev–Trinajstić information content (AvgIpc) is 3.68. The van der Waals surface area contributed by atoms with E-state index in [4.69, 9.17) is 21.1 Å². The third-order valence-electron chi connectivity index (χ3n) is 8.23. The third-order valence-corrected chi connectivity index (χ3v) is 11.3. The number of halogens is 1. The molecular formula is C34H33ClN4O5S2. The molecular weight excluding hydrogens is 644 g/mol. The lowest BCUT2D eigenvalue weighted by Crippen LogP contribution is -2.43. The quantitative estimate of drug-likeness (QED) is 0.165. The van der Waals surface area contributed by atoms with Gasteiger partial charge in [-0.3, -0.25) is 0 Å². The van der Waals surface area contributed by atoms with Gasteiger partial charge in [0.2, 0.25) is 0 Å². The van der Waals surface area contributed by atoms with Gasteiger partial charge in [0.25, 0.3) is 0 Å². The van der Waals surface area contributed by atoms with E-state index in [1.54, 1.807) is 0 Å². The lowest BCUT2D eigenvalue weighted by molar-refractivity contribution is -0.0128. The van der Waals surface area contributed by atoms with Crippen molar-refractivity contribution in [1.29, 1.82) is 0 Å². The highest BCUT2D eigenvalue weighted by molar-refractivity contribution is 7.91. The molecule has 0 aliphatic carbocycles. The standard InChI is InChI=1S/C34H33ClN4O5S2/c1-3-4-25(19-31-36-38-39-37-31)24-6-8-26(9-7-24)43-20-23-5-12-30-29(18-23)32(33(35)45-30)28-11-10-27(17-22(28)2)44-21-34(40)13-15-46(41,42)16-14-34/h5-12,17-18,25,40H,13-16,19-21H2,1-2H3,(H,36,37,38,39)/t25-/m0/s1. The van der Waals surface area contributed by atoms with Crippen molar-refractivity contribution in [2.75, 3.05) is 18.1 Å². The van der Waals surface area contributed by atoms with Crippen LogP contribution in [0.25, 0.3) is 21.2 Å². The van der Waals surface area contributed by atoms with E-state index in [2.05, 4.69) is 50.7 Å². The Hall–Kier alpha value is -3.95. The Kier molecular flexibility index (Phi) is 9.34. The minimum Gasteiger partial charge on any atom is -0.491 e. The molecule has 5 aromatic rings. The maximum atomic E-state index is 11.8. The van der Waals surface area contributed by atoms with Crippen molar-refractivity contribution < 1.29 is 23.0 Å². The van der Waals surface area contributed by atoms with E-state index >= 15 is 0 Å². The van der Waals surface area contributed by atoms with Crippen LogP contribution in [0.5, 0.6) is 11.5 Å². The van der Waals surface area contributed by atoms with Gasteiger partial charge in [-0.2, -0.15) is 0 Å². The predicted molar refractivity (Wildman–Crippen MR) is 180 cm³/mol. The number of aromatic nitrogens is 4. The van der Waals surface area contributed by atoms with Gasteiger partial charge in [0.1, 0.15) is 40.5 Å². The SMILES string of the molecule is CC#C[C@@H](Cc1nnn[nH]1)c1ccc(OCc2ccc3sc(Cl)c(-c4ccc(OCC5(O)CCS(=O)(=O)CC5)cc4C)c3c2)cc1. The fourth-order valence-electron chi connectivity index (χ4n) is 5.59. The number of nitrogens with one attached hydrogen (secondary N) is 1. The van der Waals surface area contributed by atoms with E-state index in [1.807, 2.05) is 56.3 Å². The normalized spacial score (nSPS) is 16.0. The summed E-state index contributed by atoms with van der Waals surface area (Å²) in [5.41, 5.74) is 3.85. The van der Waals surface area contributed by atoms with Crippen molar-refractivity contribution in [3.63, 3.8) is 0 Å². The van der Waals surface area contributed by atoms with E-state index in [0.717, 1.165) is 43.7 Å². The number of thiophene rings is 1. The molecule has 2 aromatic heterocycles. The molecule has 3 aromatic carbocycles. The summed E-state index contributed by atoms with van der Waals surface area (Å²) in [6.45, 7) is 4.25. The average molecular weight is 677 g/mol. The van der Waals surface area contributed by atoms with Crippen molar-refractivity contribution >= 4 is 42.9 Å². The number of aliphatic hydroxyl groups is 1. The summed E-state index contributed by atoms with van der Waals surface area (Å²) in [6.07, 6.45) is 0.946. The first-order chi connectivity index (χ1) is 22.1. The Morgan fingerprint density at radius 3 is 2.52 bits per heavy atom. The third kappa shape index (κ3) is 7.37. The fraction of sp³-hybridized carbons (Fsp3) is 0.324. The minimum absolute atomic E-state index is 0.0212. The number of fused-ring (bicyclic) bond motifs is 1. The van der Waals surface area contributed by atoms with Gasteiger partial charge < -0.3 is 14.6 Å². The monoisotopic (exact) mass is 676 g/mol. The van der Waals surface area contributed by atoms with Crippen molar-refractivity contribution in [2.45, 2.75) is 51.2 Å². The molecule has 3 heterocycles. The summed E-state index contributed by atoms with van der Waals surface area (Å²) in [7, 11) is -3.08. The number of aromatic amines is 1. The maximum absolute atomic E-state index is 11.8. The number of H-pyrrole nitrogens is 1. The molecule has 0 spiro atoms. The zero-order valence-electron chi connectivity index (χ0n) is 25.4. The summed E-state index contributed by atoms with van der Waals surface area (Å²) in [5, 5.41) is 25.9. The second-order valence-corrected chi connectivity index (χ2v) is 15.5. The number of aryl methyl sites for hydroxylation is 1. The molecule has 1 aliphatic heterocycles. The van der Waals surface area contributed by atoms with Gasteiger partial charge in [0.15, 0.2) is 9.84 Å². The molecule has 1 saturated heterocycles. The fourth-order valence-corrected chi connectivity index (χ4v) is 8.55. The molecule has 2 N–H and O–H groups in total. The smallest absolute Gasteiger partial charge is 0.150 e. The highest BCUT2D eigenvalue weighted by atomic mass is 35.5. The second kappa shape index (κ2) is 13.4. The topological polar surface area (TPSA) is 127 Å². The molecule has 0 bridgehead atoms. The number of ether oxygens (including phenoxy) is 2. The first-order valence-corrected chi connectivity index (χ1v) is 17.9. The van der Waals surface area contributed by atoms with Crippen molar-refractivity contribution in [3.05, 3.63) is 87.5 Å². The zero-order valence-corrected chi connectivity index (χ0v) is 27.8. The van der Waals surface area contributed by atoms with E-state index in [-0.39, 0.29) is 36.9 Å². The molecule has 9 nitrogen and oxygen atoms in total. The highest BCUT2D eigenvalue weighted by Crippen LogP contribution is 2.44. The van der Waals surface area contributed by atoms with Gasteiger partial charge in [-0.15, -0.1) is 22.4 Å². The van der Waals surface area contributed by atoms with Crippen LogP contribution in [0.1, 0.15) is 48.2 Å². The van der Waals surface area contributed by atoms with Crippen LogP contribution < -0.4 is 9.47 Å².